The SMILES string of the molecule is CCc1cc2cc(-c3ccc(OC4CCNCC4)cc3)ccc2cn1. The van der Waals surface area contributed by atoms with Crippen molar-refractivity contribution < 1.29 is 4.74 Å². The van der Waals surface area contributed by atoms with Gasteiger partial charge in [-0.15, -0.1) is 0 Å². The number of aryl methyl sites for hydroxylation is 1. The molecule has 0 aliphatic carbocycles. The van der Waals surface area contributed by atoms with Crippen LogP contribution in [0.25, 0.3) is 21.9 Å². The van der Waals surface area contributed by atoms with E-state index in [9.17, 15) is 0 Å². The van der Waals surface area contributed by atoms with Crippen molar-refractivity contribution in [3.05, 3.63) is 60.4 Å². The number of ether oxygens (including phenoxy) is 1. The van der Waals surface area contributed by atoms with Gasteiger partial charge < -0.3 is 10.1 Å². The van der Waals surface area contributed by atoms with Crippen LogP contribution in [0.15, 0.2) is 54.7 Å². The Hall–Kier alpha value is -2.39. The van der Waals surface area contributed by atoms with Gasteiger partial charge in [-0.1, -0.05) is 31.2 Å². The maximum atomic E-state index is 6.10. The molecule has 3 aromatic rings. The number of nitrogens with one attached hydrogen (secondary N) is 1. The monoisotopic (exact) mass is 332 g/mol. The third-order valence-electron chi connectivity index (χ3n) is 4.92. The van der Waals surface area contributed by atoms with Gasteiger partial charge in [-0.05, 0) is 73.1 Å². The molecule has 0 radical (unpaired) electrons. The zero-order chi connectivity index (χ0) is 17.1. The van der Waals surface area contributed by atoms with Crippen molar-refractivity contribution in [3.8, 4) is 16.9 Å². The van der Waals surface area contributed by atoms with Gasteiger partial charge >= 0.3 is 0 Å². The maximum absolute atomic E-state index is 6.10. The van der Waals surface area contributed by atoms with Crippen LogP contribution in [0.2, 0.25) is 0 Å². The van der Waals surface area contributed by atoms with E-state index in [1.54, 1.807) is 0 Å². The summed E-state index contributed by atoms with van der Waals surface area (Å²) in [6, 6.07) is 17.2. The Morgan fingerprint density at radius 2 is 1.72 bits per heavy atom. The number of benzene rings is 2. The Labute approximate surface area is 149 Å². The number of fused-ring (bicyclic) bond motifs is 1. The zero-order valence-corrected chi connectivity index (χ0v) is 14.7. The number of nitrogens with zero attached hydrogens (tertiary/aromatic N) is 1. The molecule has 0 atom stereocenters. The van der Waals surface area contributed by atoms with E-state index in [-0.39, 0.29) is 0 Å². The van der Waals surface area contributed by atoms with Crippen LogP contribution in [0.1, 0.15) is 25.5 Å². The second kappa shape index (κ2) is 7.24. The van der Waals surface area contributed by atoms with E-state index in [2.05, 4.69) is 65.8 Å². The van der Waals surface area contributed by atoms with Crippen molar-refractivity contribution >= 4 is 10.8 Å². The predicted octanol–water partition coefficient (Wildman–Crippen LogP) is 4.60. The fourth-order valence-electron chi connectivity index (χ4n) is 3.39. The fourth-order valence-corrected chi connectivity index (χ4v) is 3.39. The molecule has 0 saturated carbocycles. The number of piperidine rings is 1. The summed E-state index contributed by atoms with van der Waals surface area (Å²) in [5.41, 5.74) is 3.58. The highest BCUT2D eigenvalue weighted by molar-refractivity contribution is 5.87. The first-order valence-electron chi connectivity index (χ1n) is 9.18. The lowest BCUT2D eigenvalue weighted by atomic mass is 10.0. The average Bonchev–Trinajstić information content (AvgIpc) is 2.68. The number of aromatic nitrogens is 1. The standard InChI is InChI=1S/C22H24N2O/c1-2-20-14-19-13-17(3-4-18(19)15-24-20)16-5-7-21(8-6-16)25-22-9-11-23-12-10-22/h3-8,13-15,22-23H,2,9-12H2,1H3. The van der Waals surface area contributed by atoms with Crippen LogP contribution in [0.3, 0.4) is 0 Å². The largest absolute Gasteiger partial charge is 0.490 e. The molecule has 3 nitrogen and oxygen atoms in total. The van der Waals surface area contributed by atoms with Gasteiger partial charge in [0.05, 0.1) is 0 Å². The number of pyridine rings is 1. The molecule has 4 rings (SSSR count). The zero-order valence-electron chi connectivity index (χ0n) is 14.7. The van der Waals surface area contributed by atoms with Gasteiger partial charge in [0.25, 0.3) is 0 Å². The summed E-state index contributed by atoms with van der Waals surface area (Å²) in [6.45, 7) is 4.24. The molecule has 1 N–H and O–H groups in total. The number of hydrogen-bond acceptors (Lipinski definition) is 3. The smallest absolute Gasteiger partial charge is 0.119 e. The van der Waals surface area contributed by atoms with Crippen molar-refractivity contribution in [2.75, 3.05) is 13.1 Å². The van der Waals surface area contributed by atoms with Crippen LogP contribution in [-0.2, 0) is 6.42 Å². The predicted molar refractivity (Wildman–Crippen MR) is 103 cm³/mol. The fraction of sp³-hybridized carbons (Fsp3) is 0.318. The maximum Gasteiger partial charge on any atom is 0.119 e. The van der Waals surface area contributed by atoms with E-state index in [1.807, 2.05) is 6.20 Å². The molecule has 0 spiro atoms. The molecule has 2 heterocycles. The van der Waals surface area contributed by atoms with E-state index in [0.29, 0.717) is 6.10 Å². The van der Waals surface area contributed by atoms with Gasteiger partial charge in [-0.3, -0.25) is 4.98 Å². The molecule has 3 heteroatoms. The highest BCUT2D eigenvalue weighted by atomic mass is 16.5. The Kier molecular flexibility index (Phi) is 4.66. The Bertz CT molecular complexity index is 852. The molecule has 0 unspecified atom stereocenters. The van der Waals surface area contributed by atoms with E-state index in [1.165, 1.54) is 21.9 Å². The van der Waals surface area contributed by atoms with E-state index in [4.69, 9.17) is 4.74 Å². The minimum atomic E-state index is 0.340. The Morgan fingerprint density at radius 1 is 0.960 bits per heavy atom. The van der Waals surface area contributed by atoms with E-state index >= 15 is 0 Å². The summed E-state index contributed by atoms with van der Waals surface area (Å²) in [4.78, 5) is 4.47. The first-order valence-corrected chi connectivity index (χ1v) is 9.18. The third-order valence-corrected chi connectivity index (χ3v) is 4.92. The topological polar surface area (TPSA) is 34.1 Å². The first-order chi connectivity index (χ1) is 12.3. The molecular formula is C22H24N2O. The summed E-state index contributed by atoms with van der Waals surface area (Å²) < 4.78 is 6.10. The van der Waals surface area contributed by atoms with Crippen LogP contribution in [0.5, 0.6) is 5.75 Å². The summed E-state index contributed by atoms with van der Waals surface area (Å²) in [5.74, 6) is 0.967. The van der Waals surface area contributed by atoms with Gasteiger partial charge in [0.1, 0.15) is 11.9 Å². The average molecular weight is 332 g/mol. The Balaban J connectivity index is 1.55. The lowest BCUT2D eigenvalue weighted by Gasteiger charge is -2.23. The van der Waals surface area contributed by atoms with Crippen molar-refractivity contribution in [1.82, 2.24) is 10.3 Å². The summed E-state index contributed by atoms with van der Waals surface area (Å²) in [7, 11) is 0. The van der Waals surface area contributed by atoms with Crippen LogP contribution in [-0.4, -0.2) is 24.2 Å². The quantitative estimate of drug-likeness (QED) is 0.758. The molecule has 2 aromatic carbocycles. The minimum Gasteiger partial charge on any atom is -0.490 e. The van der Waals surface area contributed by atoms with Crippen molar-refractivity contribution in [3.63, 3.8) is 0 Å². The summed E-state index contributed by atoms with van der Waals surface area (Å²) in [5, 5.41) is 5.81. The molecule has 1 aromatic heterocycles. The van der Waals surface area contributed by atoms with Gasteiger partial charge in [0.15, 0.2) is 0 Å². The lowest BCUT2D eigenvalue weighted by Crippen LogP contribution is -2.34. The summed E-state index contributed by atoms with van der Waals surface area (Å²) in [6.07, 6.45) is 5.43. The molecule has 1 fully saturated rings. The lowest BCUT2D eigenvalue weighted by molar-refractivity contribution is 0.162. The molecule has 25 heavy (non-hydrogen) atoms. The molecule has 1 aliphatic heterocycles. The normalized spacial score (nSPS) is 15.4. The number of rotatable bonds is 4. The second-order valence-electron chi connectivity index (χ2n) is 6.68. The van der Waals surface area contributed by atoms with Crippen molar-refractivity contribution in [2.24, 2.45) is 0 Å². The van der Waals surface area contributed by atoms with Crippen LogP contribution >= 0.6 is 0 Å². The van der Waals surface area contributed by atoms with E-state index < -0.39 is 0 Å². The molecule has 1 aliphatic rings. The first kappa shape index (κ1) is 16.1. The highest BCUT2D eigenvalue weighted by Crippen LogP contribution is 2.27. The van der Waals surface area contributed by atoms with E-state index in [0.717, 1.165) is 43.8 Å². The van der Waals surface area contributed by atoms with Gasteiger partial charge in [-0.2, -0.15) is 0 Å². The molecule has 0 bridgehead atoms. The number of hydrogen-bond donors (Lipinski definition) is 1. The third kappa shape index (κ3) is 3.67. The second-order valence-corrected chi connectivity index (χ2v) is 6.68. The Morgan fingerprint density at radius 3 is 2.48 bits per heavy atom. The minimum absolute atomic E-state index is 0.340. The molecular weight excluding hydrogens is 308 g/mol. The van der Waals surface area contributed by atoms with Crippen molar-refractivity contribution in [1.29, 1.82) is 0 Å². The molecule has 0 amide bonds. The van der Waals surface area contributed by atoms with Gasteiger partial charge in [0.2, 0.25) is 0 Å². The van der Waals surface area contributed by atoms with Gasteiger partial charge in [-0.25, -0.2) is 0 Å². The van der Waals surface area contributed by atoms with Crippen LogP contribution in [0, 0.1) is 0 Å². The summed E-state index contributed by atoms with van der Waals surface area (Å²) >= 11 is 0. The molecule has 1 saturated heterocycles. The van der Waals surface area contributed by atoms with Crippen LogP contribution < -0.4 is 10.1 Å². The van der Waals surface area contributed by atoms with Crippen LogP contribution in [0.4, 0.5) is 0 Å². The van der Waals surface area contributed by atoms with Crippen molar-refractivity contribution in [2.45, 2.75) is 32.3 Å². The highest BCUT2D eigenvalue weighted by Gasteiger charge is 2.14. The van der Waals surface area contributed by atoms with Gasteiger partial charge in [0, 0.05) is 17.3 Å². The molecule has 128 valence electrons.